The fraction of sp³-hybridized carbons (Fsp3) is 0.786. The Bertz CT molecular complexity index is 1140. The van der Waals surface area contributed by atoms with Crippen molar-refractivity contribution < 1.29 is 33.2 Å². The number of hydrogen-bond acceptors (Lipinski definition) is 12. The van der Waals surface area contributed by atoms with Crippen LogP contribution in [0.1, 0.15) is 66.5 Å². The number of anilines is 1. The molecule has 14 heteroatoms. The van der Waals surface area contributed by atoms with Gasteiger partial charge < -0.3 is 44.8 Å². The smallest absolute Gasteiger partial charge is 0.407 e. The zero-order chi connectivity index (χ0) is 30.2. The highest BCUT2D eigenvalue weighted by molar-refractivity contribution is 5.81. The van der Waals surface area contributed by atoms with Crippen molar-refractivity contribution in [3.8, 4) is 0 Å². The predicted octanol–water partition coefficient (Wildman–Crippen LogP) is 2.53. The number of carbonyl (C=O) groups is 1. The molecule has 4 N–H and O–H groups in total. The Labute approximate surface area is 247 Å². The number of amides is 1. The second-order valence-electron chi connectivity index (χ2n) is 12.0. The Morgan fingerprint density at radius 1 is 1.00 bits per heavy atom. The van der Waals surface area contributed by atoms with E-state index in [9.17, 15) is 4.79 Å². The Balaban J connectivity index is 1.05. The molecule has 4 rings (SSSR count). The van der Waals surface area contributed by atoms with E-state index in [-0.39, 0.29) is 18.3 Å². The average Bonchev–Trinajstić information content (AvgIpc) is 3.57. The number of unbranched alkanes of at least 4 members (excludes halogenated alkanes) is 3. The average molecular weight is 594 g/mol. The number of ether oxygens (including phenoxy) is 6. The molecule has 0 saturated carbocycles. The summed E-state index contributed by atoms with van der Waals surface area (Å²) in [4.78, 5) is 24.3. The molecule has 0 unspecified atom stereocenters. The molecule has 14 nitrogen and oxygen atoms in total. The third-order valence-electron chi connectivity index (χ3n) is 6.81. The second-order valence-corrected chi connectivity index (χ2v) is 12.0. The topological polar surface area (TPSA) is 166 Å². The zero-order valence-electron chi connectivity index (χ0n) is 25.5. The van der Waals surface area contributed by atoms with E-state index in [4.69, 9.17) is 34.2 Å². The first-order valence-corrected chi connectivity index (χ1v) is 14.8. The van der Waals surface area contributed by atoms with E-state index in [0.29, 0.717) is 56.5 Å². The van der Waals surface area contributed by atoms with E-state index < -0.39 is 23.7 Å². The lowest BCUT2D eigenvalue weighted by Gasteiger charge is -2.25. The molecule has 4 heterocycles. The van der Waals surface area contributed by atoms with Crippen molar-refractivity contribution in [3.63, 3.8) is 0 Å². The SMILES string of the molecule is CC(C)(C)OC(=O)NCCOCCOCCCCCCNC[C@H]1O[C@@H](n2cnc3c(N)ncnc32)[C@@H]2OC(C)(C)O[C@@H]21. The number of nitrogens with two attached hydrogens (primary N) is 1. The number of rotatable bonds is 16. The maximum absolute atomic E-state index is 11.6. The quantitative estimate of drug-likeness (QED) is 0.244. The highest BCUT2D eigenvalue weighted by Gasteiger charge is 2.55. The fourth-order valence-corrected chi connectivity index (χ4v) is 5.02. The summed E-state index contributed by atoms with van der Waals surface area (Å²) < 4.78 is 37.0. The van der Waals surface area contributed by atoms with E-state index in [1.807, 2.05) is 39.2 Å². The highest BCUT2D eigenvalue weighted by Crippen LogP contribution is 2.43. The summed E-state index contributed by atoms with van der Waals surface area (Å²) in [5.41, 5.74) is 6.62. The molecular formula is C28H47N7O7. The minimum Gasteiger partial charge on any atom is -0.444 e. The van der Waals surface area contributed by atoms with Gasteiger partial charge in [0, 0.05) is 19.7 Å². The largest absolute Gasteiger partial charge is 0.444 e. The molecule has 0 radical (unpaired) electrons. The molecule has 2 aromatic heterocycles. The number of alkyl carbamates (subject to hydrolysis) is 1. The molecule has 0 spiro atoms. The van der Waals surface area contributed by atoms with Crippen LogP contribution in [0.3, 0.4) is 0 Å². The monoisotopic (exact) mass is 593 g/mol. The number of nitrogen functional groups attached to an aromatic ring is 1. The summed E-state index contributed by atoms with van der Waals surface area (Å²) in [5, 5.41) is 6.18. The standard InChI is InChI=1S/C28H47N7O7/c1-27(2,3)42-26(36)31-11-13-38-15-14-37-12-9-7-6-8-10-30-16-19-21-22(41-28(4,5)40-21)25(39-19)35-18-34-20-23(29)32-17-33-24(20)35/h17-19,21-22,25,30H,6-16H2,1-5H3,(H,31,36)(H2,29,32,33)/t19-,21-,22-,25-/m1/s1. The van der Waals surface area contributed by atoms with Crippen molar-refractivity contribution in [1.29, 1.82) is 0 Å². The normalized spacial score (nSPS) is 23.4. The molecule has 42 heavy (non-hydrogen) atoms. The van der Waals surface area contributed by atoms with Crippen molar-refractivity contribution in [2.75, 3.05) is 51.8 Å². The van der Waals surface area contributed by atoms with Gasteiger partial charge >= 0.3 is 6.09 Å². The molecule has 2 saturated heterocycles. The van der Waals surface area contributed by atoms with Crippen LogP contribution >= 0.6 is 0 Å². The van der Waals surface area contributed by atoms with E-state index in [2.05, 4.69) is 25.6 Å². The first-order chi connectivity index (χ1) is 20.0. The molecular weight excluding hydrogens is 546 g/mol. The van der Waals surface area contributed by atoms with E-state index in [1.54, 1.807) is 6.33 Å². The van der Waals surface area contributed by atoms with Crippen LogP contribution in [-0.2, 0) is 28.4 Å². The third-order valence-corrected chi connectivity index (χ3v) is 6.81. The van der Waals surface area contributed by atoms with Gasteiger partial charge in [0.15, 0.2) is 23.5 Å². The van der Waals surface area contributed by atoms with Crippen molar-refractivity contribution in [1.82, 2.24) is 30.2 Å². The minimum atomic E-state index is -0.701. The predicted molar refractivity (Wildman–Crippen MR) is 155 cm³/mol. The maximum atomic E-state index is 11.6. The Morgan fingerprint density at radius 2 is 1.74 bits per heavy atom. The molecule has 2 aromatic rings. The summed E-state index contributed by atoms with van der Waals surface area (Å²) in [5.74, 6) is -0.370. The molecule has 0 bridgehead atoms. The molecule has 2 aliphatic heterocycles. The van der Waals surface area contributed by atoms with Crippen LogP contribution in [-0.4, -0.2) is 101 Å². The summed E-state index contributed by atoms with van der Waals surface area (Å²) >= 11 is 0. The Kier molecular flexibility index (Phi) is 11.3. The Morgan fingerprint density at radius 3 is 2.52 bits per heavy atom. The Hall–Kier alpha value is -2.62. The van der Waals surface area contributed by atoms with Crippen molar-refractivity contribution in [2.24, 2.45) is 0 Å². The van der Waals surface area contributed by atoms with Gasteiger partial charge in [0.1, 0.15) is 35.8 Å². The molecule has 4 atom stereocenters. The number of nitrogens with one attached hydrogen (secondary N) is 2. The first-order valence-electron chi connectivity index (χ1n) is 14.8. The molecule has 2 aliphatic rings. The van der Waals surface area contributed by atoms with Crippen LogP contribution in [0.25, 0.3) is 11.2 Å². The van der Waals surface area contributed by atoms with E-state index >= 15 is 0 Å². The summed E-state index contributed by atoms with van der Waals surface area (Å²) in [7, 11) is 0. The van der Waals surface area contributed by atoms with Gasteiger partial charge in [-0.25, -0.2) is 19.7 Å². The van der Waals surface area contributed by atoms with Crippen LogP contribution in [0.2, 0.25) is 0 Å². The molecule has 0 aliphatic carbocycles. The number of hydrogen-bond donors (Lipinski definition) is 3. The molecule has 0 aromatic carbocycles. The van der Waals surface area contributed by atoms with Gasteiger partial charge in [-0.3, -0.25) is 4.57 Å². The van der Waals surface area contributed by atoms with Crippen molar-refractivity contribution in [2.45, 2.75) is 96.2 Å². The number of fused-ring (bicyclic) bond motifs is 2. The maximum Gasteiger partial charge on any atom is 0.407 e. The van der Waals surface area contributed by atoms with Crippen LogP contribution < -0.4 is 16.4 Å². The van der Waals surface area contributed by atoms with Crippen molar-refractivity contribution >= 4 is 23.1 Å². The van der Waals surface area contributed by atoms with Crippen molar-refractivity contribution in [3.05, 3.63) is 12.7 Å². The van der Waals surface area contributed by atoms with Crippen LogP contribution in [0.15, 0.2) is 12.7 Å². The van der Waals surface area contributed by atoms with Crippen LogP contribution in [0.4, 0.5) is 10.6 Å². The molecule has 2 fully saturated rings. The molecule has 1 amide bonds. The summed E-state index contributed by atoms with van der Waals surface area (Å²) in [6, 6.07) is 0. The lowest BCUT2D eigenvalue weighted by Crippen LogP contribution is -2.37. The van der Waals surface area contributed by atoms with Crippen LogP contribution in [0, 0.1) is 0 Å². The van der Waals surface area contributed by atoms with Gasteiger partial charge in [0.25, 0.3) is 0 Å². The summed E-state index contributed by atoms with van der Waals surface area (Å²) in [6.07, 6.45) is 5.82. The van der Waals surface area contributed by atoms with Gasteiger partial charge in [0.05, 0.1) is 26.1 Å². The number of aromatic nitrogens is 4. The number of imidazole rings is 1. The minimum absolute atomic E-state index is 0.179. The zero-order valence-corrected chi connectivity index (χ0v) is 25.5. The fourth-order valence-electron chi connectivity index (χ4n) is 5.02. The second kappa shape index (κ2) is 14.7. The number of nitrogens with zero attached hydrogens (tertiary/aromatic N) is 4. The van der Waals surface area contributed by atoms with E-state index in [1.165, 1.54) is 6.33 Å². The number of carbonyl (C=O) groups excluding carboxylic acids is 1. The van der Waals surface area contributed by atoms with Gasteiger partial charge in [-0.15, -0.1) is 0 Å². The van der Waals surface area contributed by atoms with Gasteiger partial charge in [0.2, 0.25) is 0 Å². The third kappa shape index (κ3) is 9.19. The van der Waals surface area contributed by atoms with Gasteiger partial charge in [-0.1, -0.05) is 12.8 Å². The molecule has 236 valence electrons. The van der Waals surface area contributed by atoms with Crippen LogP contribution in [0.5, 0.6) is 0 Å². The first kappa shape index (κ1) is 32.3. The van der Waals surface area contributed by atoms with Gasteiger partial charge in [-0.05, 0) is 54.0 Å². The lowest BCUT2D eigenvalue weighted by molar-refractivity contribution is -0.195. The highest BCUT2D eigenvalue weighted by atomic mass is 16.8. The lowest BCUT2D eigenvalue weighted by atomic mass is 10.1. The van der Waals surface area contributed by atoms with E-state index in [0.717, 1.165) is 32.2 Å². The summed E-state index contributed by atoms with van der Waals surface area (Å²) in [6.45, 7) is 13.4. The van der Waals surface area contributed by atoms with Gasteiger partial charge in [-0.2, -0.15) is 0 Å².